The fourth-order valence-corrected chi connectivity index (χ4v) is 4.97. The average Bonchev–Trinajstić information content (AvgIpc) is 3.26. The Morgan fingerprint density at radius 3 is 2.48 bits per heavy atom. The number of amides is 1. The van der Waals surface area contributed by atoms with E-state index >= 15 is 0 Å². The molecule has 0 atom stereocenters. The number of hydrogen-bond acceptors (Lipinski definition) is 6. The first kappa shape index (κ1) is 23.2. The molecule has 1 amide bonds. The summed E-state index contributed by atoms with van der Waals surface area (Å²) in [5.74, 6) is 0.507. The van der Waals surface area contributed by atoms with Gasteiger partial charge in [0.1, 0.15) is 5.75 Å². The number of halogens is 2. The first-order valence-electron chi connectivity index (χ1n) is 9.72. The Morgan fingerprint density at radius 2 is 1.76 bits per heavy atom. The molecule has 0 radical (unpaired) electrons. The van der Waals surface area contributed by atoms with E-state index in [0.717, 1.165) is 15.7 Å². The Morgan fingerprint density at radius 1 is 1.06 bits per heavy atom. The van der Waals surface area contributed by atoms with E-state index < -0.39 is 0 Å². The van der Waals surface area contributed by atoms with Crippen molar-refractivity contribution in [2.24, 2.45) is 5.10 Å². The number of nitrogens with zero attached hydrogens (tertiary/aromatic N) is 4. The maximum Gasteiger partial charge on any atom is 0.250 e. The number of aromatic nitrogens is 3. The minimum Gasteiger partial charge on any atom is -0.506 e. The van der Waals surface area contributed by atoms with Crippen molar-refractivity contribution in [2.75, 3.05) is 5.75 Å². The molecule has 1 aromatic heterocycles. The Bertz CT molecular complexity index is 1300. The minimum absolute atomic E-state index is 0.0370. The highest BCUT2D eigenvalue weighted by atomic mass is 79.9. The van der Waals surface area contributed by atoms with Crippen LogP contribution in [0.3, 0.4) is 0 Å². The van der Waals surface area contributed by atoms with Crippen LogP contribution >= 0.6 is 43.6 Å². The van der Waals surface area contributed by atoms with Gasteiger partial charge in [0.05, 0.1) is 16.4 Å². The molecule has 0 saturated carbocycles. The number of para-hydroxylation sites is 1. The Kier molecular flexibility index (Phi) is 7.58. The summed E-state index contributed by atoms with van der Waals surface area (Å²) in [7, 11) is 0. The Hall–Kier alpha value is -2.95. The highest BCUT2D eigenvalue weighted by Gasteiger charge is 2.17. The van der Waals surface area contributed by atoms with Crippen LogP contribution in [0.5, 0.6) is 5.75 Å². The third-order valence-corrected chi connectivity index (χ3v) is 6.45. The molecule has 0 bridgehead atoms. The summed E-state index contributed by atoms with van der Waals surface area (Å²) in [4.78, 5) is 12.4. The molecule has 0 unspecified atom stereocenters. The summed E-state index contributed by atoms with van der Waals surface area (Å²) >= 11 is 7.88. The smallest absolute Gasteiger partial charge is 0.250 e. The lowest BCUT2D eigenvalue weighted by Gasteiger charge is -2.10. The van der Waals surface area contributed by atoms with E-state index in [9.17, 15) is 9.90 Å². The molecule has 166 valence electrons. The van der Waals surface area contributed by atoms with Crippen LogP contribution in [0, 0.1) is 0 Å². The lowest BCUT2D eigenvalue weighted by molar-refractivity contribution is -0.118. The number of rotatable bonds is 7. The van der Waals surface area contributed by atoms with Gasteiger partial charge in [-0.1, -0.05) is 76.2 Å². The highest BCUT2D eigenvalue weighted by molar-refractivity contribution is 9.11. The number of hydrogen-bond donors (Lipinski definition) is 2. The topological polar surface area (TPSA) is 92.4 Å². The maximum atomic E-state index is 12.4. The van der Waals surface area contributed by atoms with Gasteiger partial charge in [0.2, 0.25) is 0 Å². The van der Waals surface area contributed by atoms with Crippen LogP contribution in [-0.4, -0.2) is 37.7 Å². The normalized spacial score (nSPS) is 11.1. The minimum atomic E-state index is -0.311. The van der Waals surface area contributed by atoms with Crippen molar-refractivity contribution in [1.29, 1.82) is 0 Å². The van der Waals surface area contributed by atoms with Crippen LogP contribution in [0.15, 0.2) is 92.0 Å². The molecule has 2 N–H and O–H groups in total. The molecule has 10 heteroatoms. The zero-order valence-corrected chi connectivity index (χ0v) is 21.0. The summed E-state index contributed by atoms with van der Waals surface area (Å²) in [5.41, 5.74) is 4.76. The second-order valence-electron chi connectivity index (χ2n) is 6.75. The first-order valence-corrected chi connectivity index (χ1v) is 12.3. The van der Waals surface area contributed by atoms with Crippen molar-refractivity contribution < 1.29 is 9.90 Å². The van der Waals surface area contributed by atoms with Gasteiger partial charge < -0.3 is 5.11 Å². The first-order chi connectivity index (χ1) is 16.0. The van der Waals surface area contributed by atoms with Crippen LogP contribution in [0.25, 0.3) is 17.1 Å². The Labute approximate surface area is 211 Å². The quantitative estimate of drug-likeness (QED) is 0.172. The summed E-state index contributed by atoms with van der Waals surface area (Å²) in [5, 5.41) is 23.3. The van der Waals surface area contributed by atoms with Crippen LogP contribution in [0.1, 0.15) is 5.56 Å². The van der Waals surface area contributed by atoms with Gasteiger partial charge in [-0.25, -0.2) is 5.43 Å². The van der Waals surface area contributed by atoms with E-state index in [1.165, 1.54) is 18.0 Å². The SMILES string of the molecule is O=C(CSc1nnc(-c2ccccc2)n1-c1ccccc1)N/N=C\c1cc(Br)cc(Br)c1O. The second kappa shape index (κ2) is 10.8. The second-order valence-corrected chi connectivity index (χ2v) is 9.46. The zero-order valence-electron chi connectivity index (χ0n) is 17.0. The summed E-state index contributed by atoms with van der Waals surface area (Å²) in [6.07, 6.45) is 1.38. The van der Waals surface area contributed by atoms with Crippen molar-refractivity contribution in [3.05, 3.63) is 87.3 Å². The lowest BCUT2D eigenvalue weighted by atomic mass is 10.2. The number of thioether (sulfide) groups is 1. The number of phenolic OH excluding ortho intramolecular Hbond substituents is 1. The monoisotopic (exact) mass is 585 g/mol. The summed E-state index contributed by atoms with van der Waals surface area (Å²) in [6, 6.07) is 22.9. The van der Waals surface area contributed by atoms with Crippen molar-refractivity contribution in [3.8, 4) is 22.8 Å². The molecule has 33 heavy (non-hydrogen) atoms. The molecule has 0 spiro atoms. The third-order valence-electron chi connectivity index (χ3n) is 4.46. The highest BCUT2D eigenvalue weighted by Crippen LogP contribution is 2.31. The fraction of sp³-hybridized carbons (Fsp3) is 0.0435. The number of phenols is 1. The van der Waals surface area contributed by atoms with Crippen molar-refractivity contribution in [1.82, 2.24) is 20.2 Å². The largest absolute Gasteiger partial charge is 0.506 e. The van der Waals surface area contributed by atoms with E-state index in [2.05, 4.69) is 52.6 Å². The van der Waals surface area contributed by atoms with E-state index in [1.54, 1.807) is 12.1 Å². The summed E-state index contributed by atoms with van der Waals surface area (Å²) in [6.45, 7) is 0. The molecular weight excluding hydrogens is 570 g/mol. The van der Waals surface area contributed by atoms with Gasteiger partial charge >= 0.3 is 0 Å². The van der Waals surface area contributed by atoms with Crippen LogP contribution in [0.2, 0.25) is 0 Å². The van der Waals surface area contributed by atoms with E-state index in [4.69, 9.17) is 0 Å². The average molecular weight is 587 g/mol. The molecule has 0 fully saturated rings. The predicted octanol–water partition coefficient (Wildman–Crippen LogP) is 5.41. The molecule has 1 heterocycles. The number of hydrazone groups is 1. The van der Waals surface area contributed by atoms with Crippen LogP contribution in [0.4, 0.5) is 0 Å². The van der Waals surface area contributed by atoms with E-state index in [0.29, 0.717) is 21.0 Å². The lowest BCUT2D eigenvalue weighted by Crippen LogP contribution is -2.20. The van der Waals surface area contributed by atoms with Crippen molar-refractivity contribution in [3.63, 3.8) is 0 Å². The molecule has 4 rings (SSSR count). The standard InChI is InChI=1S/C23H17Br2N5O2S/c24-17-11-16(21(32)19(25)12-17)13-26-27-20(31)14-33-23-29-28-22(15-7-3-1-4-8-15)30(23)18-9-5-2-6-10-18/h1-13,32H,14H2,(H,27,31)/b26-13-. The van der Waals surface area contributed by atoms with Gasteiger partial charge in [-0.2, -0.15) is 5.10 Å². The number of carbonyl (C=O) groups is 1. The van der Waals surface area contributed by atoms with Gasteiger partial charge in [-0.15, -0.1) is 10.2 Å². The van der Waals surface area contributed by atoms with E-state index in [1.807, 2.05) is 65.2 Å². The van der Waals surface area contributed by atoms with Gasteiger partial charge in [0.15, 0.2) is 11.0 Å². The molecule has 4 aromatic rings. The van der Waals surface area contributed by atoms with Gasteiger partial charge in [-0.3, -0.25) is 9.36 Å². The number of carbonyl (C=O) groups excluding carboxylic acids is 1. The molecule has 3 aromatic carbocycles. The number of nitrogens with one attached hydrogen (secondary N) is 1. The molecular formula is C23H17Br2N5O2S. The van der Waals surface area contributed by atoms with Crippen molar-refractivity contribution >= 4 is 55.7 Å². The maximum absolute atomic E-state index is 12.4. The Balaban J connectivity index is 1.48. The molecule has 0 aliphatic heterocycles. The van der Waals surface area contributed by atoms with Crippen molar-refractivity contribution in [2.45, 2.75) is 5.16 Å². The van der Waals surface area contributed by atoms with E-state index in [-0.39, 0.29) is 17.4 Å². The number of benzene rings is 3. The fourth-order valence-electron chi connectivity index (χ4n) is 2.97. The van der Waals surface area contributed by atoms with Crippen LogP contribution in [-0.2, 0) is 4.79 Å². The predicted molar refractivity (Wildman–Crippen MR) is 137 cm³/mol. The molecule has 0 saturated heterocycles. The molecule has 0 aliphatic rings. The van der Waals surface area contributed by atoms with Gasteiger partial charge in [-0.05, 0) is 40.2 Å². The summed E-state index contributed by atoms with van der Waals surface area (Å²) < 4.78 is 3.22. The number of aromatic hydroxyl groups is 1. The van der Waals surface area contributed by atoms with Crippen LogP contribution < -0.4 is 5.43 Å². The van der Waals surface area contributed by atoms with Gasteiger partial charge in [0, 0.05) is 21.3 Å². The third kappa shape index (κ3) is 5.70. The molecule has 7 nitrogen and oxygen atoms in total. The molecule has 0 aliphatic carbocycles. The zero-order chi connectivity index (χ0) is 23.2. The van der Waals surface area contributed by atoms with Gasteiger partial charge in [0.25, 0.3) is 5.91 Å².